The molecule has 0 aliphatic rings. The van der Waals surface area contributed by atoms with E-state index in [0.717, 1.165) is 5.70 Å². The highest BCUT2D eigenvalue weighted by molar-refractivity contribution is 5.72. The van der Waals surface area contributed by atoms with Crippen LogP contribution in [-0.4, -0.2) is 20.0 Å². The Morgan fingerprint density at radius 1 is 1.36 bits per heavy atom. The molecule has 0 heterocycles. The van der Waals surface area contributed by atoms with E-state index in [2.05, 4.69) is 37.5 Å². The number of allylic oxidation sites excluding steroid dienone is 2. The van der Waals surface area contributed by atoms with Crippen LogP contribution >= 0.6 is 0 Å². The highest BCUT2D eigenvalue weighted by Crippen LogP contribution is 2.24. The SMILES string of the molecule is C=N/C(=C\C=N/C)C(C)(C)C. The van der Waals surface area contributed by atoms with Crippen molar-refractivity contribution in [2.45, 2.75) is 20.8 Å². The Kier molecular flexibility index (Phi) is 3.72. The fraction of sp³-hybridized carbons (Fsp3) is 0.556. The van der Waals surface area contributed by atoms with Gasteiger partial charge in [-0.3, -0.25) is 9.98 Å². The van der Waals surface area contributed by atoms with Crippen molar-refractivity contribution in [2.75, 3.05) is 7.05 Å². The maximum Gasteiger partial charge on any atom is 0.0464 e. The van der Waals surface area contributed by atoms with E-state index >= 15 is 0 Å². The van der Waals surface area contributed by atoms with E-state index in [0.29, 0.717) is 0 Å². The molecule has 0 unspecified atom stereocenters. The summed E-state index contributed by atoms with van der Waals surface area (Å²) in [5.41, 5.74) is 1.02. The largest absolute Gasteiger partial charge is 0.296 e. The van der Waals surface area contributed by atoms with Crippen molar-refractivity contribution in [1.29, 1.82) is 0 Å². The Hall–Kier alpha value is -0.920. The molecule has 0 fully saturated rings. The summed E-state index contributed by atoms with van der Waals surface area (Å²) in [6, 6.07) is 0. The second-order valence-corrected chi connectivity index (χ2v) is 3.37. The molecule has 2 heteroatoms. The maximum absolute atomic E-state index is 3.92. The molecule has 0 spiro atoms. The van der Waals surface area contributed by atoms with Crippen molar-refractivity contribution in [3.63, 3.8) is 0 Å². The Bertz CT molecular complexity index is 182. The Balaban J connectivity index is 4.53. The number of aliphatic imine (C=N–C) groups is 2. The second-order valence-electron chi connectivity index (χ2n) is 3.37. The zero-order valence-corrected chi connectivity index (χ0v) is 7.76. The average Bonchev–Trinajstić information content (AvgIpc) is 1.87. The van der Waals surface area contributed by atoms with Crippen LogP contribution in [0.3, 0.4) is 0 Å². The van der Waals surface area contributed by atoms with Gasteiger partial charge in [0.25, 0.3) is 0 Å². The Morgan fingerprint density at radius 3 is 2.18 bits per heavy atom. The summed E-state index contributed by atoms with van der Waals surface area (Å²) in [7, 11) is 1.74. The molecule has 0 saturated heterocycles. The third-order valence-electron chi connectivity index (χ3n) is 1.32. The predicted octanol–water partition coefficient (Wildman–Crippen LogP) is 2.32. The van der Waals surface area contributed by atoms with Crippen LogP contribution in [0.2, 0.25) is 0 Å². The van der Waals surface area contributed by atoms with Gasteiger partial charge in [-0.25, -0.2) is 0 Å². The van der Waals surface area contributed by atoms with Gasteiger partial charge in [-0.2, -0.15) is 0 Å². The Morgan fingerprint density at radius 2 is 1.91 bits per heavy atom. The molecule has 0 aliphatic heterocycles. The van der Waals surface area contributed by atoms with E-state index < -0.39 is 0 Å². The molecule has 0 bridgehead atoms. The van der Waals surface area contributed by atoms with Gasteiger partial charge >= 0.3 is 0 Å². The summed E-state index contributed by atoms with van der Waals surface area (Å²) in [4.78, 5) is 7.76. The monoisotopic (exact) mass is 152 g/mol. The minimum Gasteiger partial charge on any atom is -0.296 e. The standard InChI is InChI=1S/C9H16N2/c1-9(2,3)8(11-5)6-7-10-4/h6-7H,5H2,1-4H3/b8-6-,10-7-. The third-order valence-corrected chi connectivity index (χ3v) is 1.32. The molecule has 0 radical (unpaired) electrons. The van der Waals surface area contributed by atoms with Crippen molar-refractivity contribution >= 4 is 12.9 Å². The molecule has 62 valence electrons. The van der Waals surface area contributed by atoms with E-state index in [1.165, 1.54) is 0 Å². The summed E-state index contributed by atoms with van der Waals surface area (Å²) in [6.07, 6.45) is 3.61. The zero-order chi connectivity index (χ0) is 8.91. The van der Waals surface area contributed by atoms with Crippen LogP contribution in [0.4, 0.5) is 0 Å². The van der Waals surface area contributed by atoms with Crippen LogP contribution in [0.5, 0.6) is 0 Å². The first-order chi connectivity index (χ1) is 5.02. The van der Waals surface area contributed by atoms with Crippen molar-refractivity contribution in [2.24, 2.45) is 15.4 Å². The molecule has 0 aromatic rings. The molecule has 0 atom stereocenters. The summed E-state index contributed by atoms with van der Waals surface area (Å²) < 4.78 is 0. The molecule has 0 amide bonds. The fourth-order valence-electron chi connectivity index (χ4n) is 0.685. The molecular formula is C9H16N2. The lowest BCUT2D eigenvalue weighted by atomic mass is 9.92. The molecule has 0 rings (SSSR count). The minimum absolute atomic E-state index is 0.0585. The maximum atomic E-state index is 3.92. The number of hydrogen-bond acceptors (Lipinski definition) is 2. The fourth-order valence-corrected chi connectivity index (χ4v) is 0.685. The van der Waals surface area contributed by atoms with Gasteiger partial charge in [0.2, 0.25) is 0 Å². The van der Waals surface area contributed by atoms with Gasteiger partial charge in [-0.15, -0.1) is 0 Å². The van der Waals surface area contributed by atoms with Gasteiger partial charge in [-0.1, -0.05) is 20.8 Å². The number of rotatable bonds is 2. The topological polar surface area (TPSA) is 24.7 Å². The molecule has 0 aromatic carbocycles. The first kappa shape index (κ1) is 10.1. The van der Waals surface area contributed by atoms with Gasteiger partial charge in [0, 0.05) is 24.4 Å². The quantitative estimate of drug-likeness (QED) is 0.542. The molecule has 11 heavy (non-hydrogen) atoms. The van der Waals surface area contributed by atoms with Gasteiger partial charge in [-0.05, 0) is 12.8 Å². The molecule has 0 aliphatic carbocycles. The molecule has 0 aromatic heterocycles. The van der Waals surface area contributed by atoms with Gasteiger partial charge in [0.15, 0.2) is 0 Å². The number of hydrogen-bond donors (Lipinski definition) is 0. The minimum atomic E-state index is 0.0585. The van der Waals surface area contributed by atoms with Gasteiger partial charge in [0.1, 0.15) is 0 Å². The predicted molar refractivity (Wildman–Crippen MR) is 51.5 cm³/mol. The average molecular weight is 152 g/mol. The van der Waals surface area contributed by atoms with E-state index in [4.69, 9.17) is 0 Å². The van der Waals surface area contributed by atoms with Crippen molar-refractivity contribution in [1.82, 2.24) is 0 Å². The summed E-state index contributed by atoms with van der Waals surface area (Å²) >= 11 is 0. The highest BCUT2D eigenvalue weighted by atomic mass is 14.7. The van der Waals surface area contributed by atoms with Crippen molar-refractivity contribution in [3.05, 3.63) is 11.8 Å². The molecule has 0 saturated carbocycles. The lowest BCUT2D eigenvalue weighted by Gasteiger charge is -2.17. The lowest BCUT2D eigenvalue weighted by Crippen LogP contribution is -2.07. The zero-order valence-electron chi connectivity index (χ0n) is 7.76. The first-order valence-electron chi connectivity index (χ1n) is 3.62. The molecule has 2 nitrogen and oxygen atoms in total. The van der Waals surface area contributed by atoms with Crippen LogP contribution in [0.25, 0.3) is 0 Å². The Labute approximate surface area is 68.8 Å². The summed E-state index contributed by atoms with van der Waals surface area (Å²) in [5.74, 6) is 0. The van der Waals surface area contributed by atoms with E-state index in [-0.39, 0.29) is 5.41 Å². The van der Waals surface area contributed by atoms with Crippen LogP contribution in [0, 0.1) is 5.41 Å². The van der Waals surface area contributed by atoms with Crippen LogP contribution in [-0.2, 0) is 0 Å². The van der Waals surface area contributed by atoms with Crippen molar-refractivity contribution < 1.29 is 0 Å². The normalized spacial score (nSPS) is 14.0. The highest BCUT2D eigenvalue weighted by Gasteiger charge is 2.14. The summed E-state index contributed by atoms with van der Waals surface area (Å²) in [5, 5.41) is 0. The number of nitrogens with zero attached hydrogens (tertiary/aromatic N) is 2. The molecule has 0 N–H and O–H groups in total. The third kappa shape index (κ3) is 3.71. The summed E-state index contributed by atoms with van der Waals surface area (Å²) in [6.45, 7) is 9.78. The van der Waals surface area contributed by atoms with Gasteiger partial charge in [0.05, 0.1) is 0 Å². The van der Waals surface area contributed by atoms with E-state index in [1.54, 1.807) is 13.3 Å². The van der Waals surface area contributed by atoms with Crippen LogP contribution in [0.1, 0.15) is 20.8 Å². The first-order valence-corrected chi connectivity index (χ1v) is 3.62. The van der Waals surface area contributed by atoms with Crippen LogP contribution in [0.15, 0.2) is 21.8 Å². The second kappa shape index (κ2) is 4.06. The van der Waals surface area contributed by atoms with E-state index in [9.17, 15) is 0 Å². The van der Waals surface area contributed by atoms with Crippen molar-refractivity contribution in [3.8, 4) is 0 Å². The molecular weight excluding hydrogens is 136 g/mol. The van der Waals surface area contributed by atoms with E-state index in [1.807, 2.05) is 6.08 Å². The van der Waals surface area contributed by atoms with Crippen LogP contribution < -0.4 is 0 Å². The lowest BCUT2D eigenvalue weighted by molar-refractivity contribution is 0.500. The smallest absolute Gasteiger partial charge is 0.0464 e. The van der Waals surface area contributed by atoms with Gasteiger partial charge < -0.3 is 0 Å².